The number of carbonyl (C=O) groups is 2. The minimum absolute atomic E-state index is 0.0437. The van der Waals surface area contributed by atoms with Crippen LogP contribution in [-0.2, 0) is 22.4 Å². The lowest BCUT2D eigenvalue weighted by Crippen LogP contribution is -2.22. The topological polar surface area (TPSA) is 91.5 Å². The molecule has 0 saturated carbocycles. The summed E-state index contributed by atoms with van der Waals surface area (Å²) in [7, 11) is 0. The van der Waals surface area contributed by atoms with E-state index in [1.165, 1.54) is 38.9 Å². The number of hydrogen-bond acceptors (Lipinski definition) is 4. The van der Waals surface area contributed by atoms with Crippen LogP contribution in [0.5, 0.6) is 0 Å². The van der Waals surface area contributed by atoms with Crippen LogP contribution in [0.3, 0.4) is 0 Å². The Morgan fingerprint density at radius 3 is 1.26 bits per heavy atom. The van der Waals surface area contributed by atoms with E-state index in [2.05, 4.69) is 126 Å². The number of nitrogens with zero attached hydrogens (tertiary/aromatic N) is 2. The van der Waals surface area contributed by atoms with Gasteiger partial charge in [0.15, 0.2) is 11.6 Å². The molecule has 6 nitrogen and oxygen atoms in total. The highest BCUT2D eigenvalue weighted by Crippen LogP contribution is 2.44. The van der Waals surface area contributed by atoms with Crippen molar-refractivity contribution in [2.45, 2.75) is 121 Å². The number of rotatable bonds is 0. The standard InChI is InChI=1S/C56H58N4O2/c1-29-33(5)51-49-43-25-17-13-21-39(43)19-11-15-23-41-37(9)56(62)42(38(10)55(41)61)24-16-12-20-40-22-14-18-26-44(40)50(53-34(6)30(2)46(58-53)27-45(29)57-51)54-36(8)32(4)48(60-54)28-47-31(3)35(7)52(49)59-47/h13-14,17-18,21-22,25-28,57,59H,11-12,15-16,19-20,23-24H2,1-10H3. The maximum atomic E-state index is 13.9. The number of aromatic amines is 2. The Labute approximate surface area is 366 Å². The summed E-state index contributed by atoms with van der Waals surface area (Å²) in [6.45, 7) is 21.4. The van der Waals surface area contributed by atoms with Crippen LogP contribution in [0.25, 0.3) is 66.6 Å². The normalized spacial score (nSPS) is 16.5. The summed E-state index contributed by atoms with van der Waals surface area (Å²) in [5.74, 6) is 0.0887. The van der Waals surface area contributed by atoms with Crippen LogP contribution in [0.15, 0.2) is 83.0 Å². The van der Waals surface area contributed by atoms with Crippen molar-refractivity contribution >= 4 is 55.9 Å². The van der Waals surface area contributed by atoms with Crippen molar-refractivity contribution < 1.29 is 9.59 Å². The highest BCUT2D eigenvalue weighted by molar-refractivity contribution is 6.24. The lowest BCUT2D eigenvalue weighted by atomic mass is 9.81. The molecule has 7 aliphatic rings. The molecule has 2 aromatic carbocycles. The third-order valence-corrected chi connectivity index (χ3v) is 14.8. The van der Waals surface area contributed by atoms with Crippen LogP contribution in [0, 0.1) is 27.7 Å². The Kier molecular flexibility index (Phi) is 10.6. The van der Waals surface area contributed by atoms with E-state index in [0.717, 1.165) is 122 Å². The van der Waals surface area contributed by atoms with E-state index in [1.54, 1.807) is 0 Å². The van der Waals surface area contributed by atoms with Gasteiger partial charge in [-0.25, -0.2) is 9.97 Å². The van der Waals surface area contributed by atoms with Crippen LogP contribution in [0.4, 0.5) is 0 Å². The quantitative estimate of drug-likeness (QED) is 0.152. The third-order valence-electron chi connectivity index (χ3n) is 14.8. The van der Waals surface area contributed by atoms with E-state index in [9.17, 15) is 9.59 Å². The number of H-pyrrole nitrogens is 2. The molecular formula is C56H58N4O2. The molecule has 0 unspecified atom stereocenters. The van der Waals surface area contributed by atoms with E-state index >= 15 is 0 Å². The maximum Gasteiger partial charge on any atom is 0.185 e. The first-order valence-electron chi connectivity index (χ1n) is 22.5. The van der Waals surface area contributed by atoms with Gasteiger partial charge in [0.25, 0.3) is 0 Å². The Balaban J connectivity index is 1.40. The van der Waals surface area contributed by atoms with E-state index in [-0.39, 0.29) is 11.6 Å². The van der Waals surface area contributed by atoms with Crippen molar-refractivity contribution in [3.63, 3.8) is 0 Å². The summed E-state index contributed by atoms with van der Waals surface area (Å²) in [5, 5.41) is 0. The smallest absolute Gasteiger partial charge is 0.185 e. The summed E-state index contributed by atoms with van der Waals surface area (Å²) in [6, 6.07) is 22.0. The van der Waals surface area contributed by atoms with E-state index in [0.29, 0.717) is 35.1 Å². The number of carbonyl (C=O) groups excluding carboxylic acids is 2. The molecule has 9 heterocycles. The summed E-state index contributed by atoms with van der Waals surface area (Å²) in [4.78, 5) is 46.9. The molecule has 0 radical (unpaired) electrons. The average Bonchev–Trinajstić information content (AvgIpc) is 3.91. The molecule has 0 saturated heterocycles. The second kappa shape index (κ2) is 16.0. The van der Waals surface area contributed by atoms with Gasteiger partial charge in [0, 0.05) is 44.5 Å². The summed E-state index contributed by atoms with van der Waals surface area (Å²) in [6.07, 6.45) is 6.23. The van der Waals surface area contributed by atoms with Crippen molar-refractivity contribution in [3.05, 3.63) is 139 Å². The number of aromatic nitrogens is 4. The van der Waals surface area contributed by atoms with Crippen LogP contribution in [-0.4, -0.2) is 31.5 Å². The zero-order chi connectivity index (χ0) is 43.7. The number of ketones is 2. The van der Waals surface area contributed by atoms with Crippen molar-refractivity contribution in [1.82, 2.24) is 19.9 Å². The largest absolute Gasteiger partial charge is 0.354 e. The summed E-state index contributed by atoms with van der Waals surface area (Å²) in [5.41, 5.74) is 27.0. The van der Waals surface area contributed by atoms with Crippen LogP contribution in [0.1, 0.15) is 136 Å². The number of benzene rings is 2. The number of Topliss-reactive ketones (excluding diaryl/α,β-unsaturated/α-hetero) is 2. The molecule has 0 atom stereocenters. The molecule has 0 fully saturated rings. The third kappa shape index (κ3) is 6.70. The van der Waals surface area contributed by atoms with Crippen LogP contribution < -0.4 is 0 Å². The van der Waals surface area contributed by atoms with Gasteiger partial charge in [0.2, 0.25) is 0 Å². The van der Waals surface area contributed by atoms with Gasteiger partial charge < -0.3 is 9.97 Å². The Bertz CT molecular complexity index is 2980. The maximum absolute atomic E-state index is 13.9. The fourth-order valence-electron chi connectivity index (χ4n) is 10.2. The molecule has 0 spiro atoms. The molecule has 2 N–H and O–H groups in total. The summed E-state index contributed by atoms with van der Waals surface area (Å²) < 4.78 is 0. The Morgan fingerprint density at radius 1 is 0.435 bits per heavy atom. The number of hydrogen-bond donors (Lipinski definition) is 2. The molecule has 3 aromatic heterocycles. The van der Waals surface area contributed by atoms with Crippen molar-refractivity contribution in [2.24, 2.45) is 0 Å². The summed E-state index contributed by atoms with van der Waals surface area (Å²) >= 11 is 0. The van der Waals surface area contributed by atoms with Gasteiger partial charge >= 0.3 is 0 Å². The molecule has 314 valence electrons. The van der Waals surface area contributed by atoms with Crippen molar-refractivity contribution in [3.8, 4) is 22.3 Å². The molecule has 5 aromatic rings. The lowest BCUT2D eigenvalue weighted by Gasteiger charge is -2.21. The van der Waals surface area contributed by atoms with Gasteiger partial charge in [-0.05, 0) is 200 Å². The average molecular weight is 819 g/mol. The molecule has 6 heteroatoms. The van der Waals surface area contributed by atoms with E-state index < -0.39 is 0 Å². The highest BCUT2D eigenvalue weighted by atomic mass is 16.1. The van der Waals surface area contributed by atoms with Crippen molar-refractivity contribution in [2.75, 3.05) is 0 Å². The second-order valence-corrected chi connectivity index (χ2v) is 18.2. The van der Waals surface area contributed by atoms with Crippen molar-refractivity contribution in [1.29, 1.82) is 0 Å². The molecule has 1 aliphatic carbocycles. The first-order chi connectivity index (χ1) is 29.8. The second-order valence-electron chi connectivity index (χ2n) is 18.2. The highest BCUT2D eigenvalue weighted by Gasteiger charge is 2.30. The Hall–Kier alpha value is -6.14. The van der Waals surface area contributed by atoms with Gasteiger partial charge in [-0.2, -0.15) is 0 Å². The zero-order valence-electron chi connectivity index (χ0n) is 38.1. The fraction of sp³-hybridized carbons (Fsp3) is 0.321. The van der Waals surface area contributed by atoms with Gasteiger partial charge in [-0.1, -0.05) is 48.5 Å². The predicted octanol–water partition coefficient (Wildman–Crippen LogP) is 14.0. The minimum Gasteiger partial charge on any atom is -0.354 e. The Morgan fingerprint density at radius 2 is 0.823 bits per heavy atom. The van der Waals surface area contributed by atoms with Crippen LogP contribution in [0.2, 0.25) is 0 Å². The minimum atomic E-state index is 0.0437. The molecule has 12 bridgehead atoms. The SMILES string of the molecule is CC1=C2CCCCc3ccccc3-c3c4nc(cc5[nH]c(c(C)c5C)c(c5[nH]c(cc6nc3C(C)=C6C)c(C)c5C)-c3ccccc3CCCCC(=C(C)C2=O)C1=O)C(C)=C4C. The molecule has 62 heavy (non-hydrogen) atoms. The van der Waals surface area contributed by atoms with Gasteiger partial charge in [-0.3, -0.25) is 9.59 Å². The zero-order valence-corrected chi connectivity index (χ0v) is 38.1. The van der Waals surface area contributed by atoms with E-state index in [4.69, 9.17) is 9.97 Å². The molecule has 6 aliphatic heterocycles. The van der Waals surface area contributed by atoms with E-state index in [1.807, 2.05) is 13.8 Å². The van der Waals surface area contributed by atoms with Crippen LogP contribution >= 0.6 is 0 Å². The number of nitrogens with one attached hydrogen (secondary N) is 2. The monoisotopic (exact) mass is 818 g/mol. The molecule has 12 rings (SSSR count). The first kappa shape index (κ1) is 41.2. The van der Waals surface area contributed by atoms with Gasteiger partial charge in [0.1, 0.15) is 0 Å². The van der Waals surface area contributed by atoms with Gasteiger partial charge in [0.05, 0.1) is 33.8 Å². The van der Waals surface area contributed by atoms with Gasteiger partial charge in [-0.15, -0.1) is 0 Å². The molecular weight excluding hydrogens is 761 g/mol. The molecule has 0 amide bonds. The first-order valence-corrected chi connectivity index (χ1v) is 22.5. The predicted molar refractivity (Wildman–Crippen MR) is 258 cm³/mol. The number of aryl methyl sites for hydroxylation is 6. The lowest BCUT2D eigenvalue weighted by molar-refractivity contribution is -0.116. The fourth-order valence-corrected chi connectivity index (χ4v) is 10.2. The number of allylic oxidation sites excluding steroid dienone is 8.